The van der Waals surface area contributed by atoms with E-state index in [9.17, 15) is 9.65 Å². The molecular weight excluding hydrogens is 267 g/mol. The van der Waals surface area contributed by atoms with Gasteiger partial charge in [0, 0.05) is 11.4 Å². The van der Waals surface area contributed by atoms with Crippen LogP contribution in [0.2, 0.25) is 0 Å². The van der Waals surface area contributed by atoms with E-state index in [1.807, 2.05) is 0 Å². The summed E-state index contributed by atoms with van der Waals surface area (Å²) in [5, 5.41) is 21.3. The van der Waals surface area contributed by atoms with Crippen LogP contribution in [0.25, 0.3) is 4.85 Å². The molecule has 1 aromatic rings. The van der Waals surface area contributed by atoms with Crippen LogP contribution in [-0.4, -0.2) is 0 Å². The molecule has 0 radical (unpaired) electrons. The number of hydrogen-bond acceptors (Lipinski definition) is 3. The van der Waals surface area contributed by atoms with Crippen LogP contribution in [0.4, 0.5) is 4.39 Å². The van der Waals surface area contributed by atoms with Crippen molar-refractivity contribution in [1.82, 2.24) is 5.32 Å². The Labute approximate surface area is 122 Å². The van der Waals surface area contributed by atoms with E-state index in [0.717, 1.165) is 0 Å². The van der Waals surface area contributed by atoms with Crippen LogP contribution >= 0.6 is 0 Å². The van der Waals surface area contributed by atoms with Crippen molar-refractivity contribution < 1.29 is 4.39 Å². The summed E-state index contributed by atoms with van der Waals surface area (Å²) in [4.78, 5) is 3.50. The van der Waals surface area contributed by atoms with Crippen molar-refractivity contribution >= 4 is 0 Å². The Balaban J connectivity index is 2.69. The highest BCUT2D eigenvalue weighted by Crippen LogP contribution is 2.38. The van der Waals surface area contributed by atoms with Gasteiger partial charge in [0.2, 0.25) is 0 Å². The number of allylic oxidation sites excluding steroid dienone is 3. The molecule has 0 amide bonds. The van der Waals surface area contributed by atoms with Gasteiger partial charge in [0.15, 0.2) is 5.70 Å². The van der Waals surface area contributed by atoms with E-state index in [2.05, 4.69) is 16.2 Å². The number of benzene rings is 1. The maximum atomic E-state index is 13.5. The number of hydrogen-bond donors (Lipinski definition) is 1. The molecule has 1 heterocycles. The molecule has 0 aromatic heterocycles. The second kappa shape index (κ2) is 5.49. The van der Waals surface area contributed by atoms with Crippen LogP contribution < -0.4 is 5.32 Å². The number of rotatable bonds is 1. The van der Waals surface area contributed by atoms with Gasteiger partial charge in [0.1, 0.15) is 11.9 Å². The number of nitrogens with one attached hydrogen (secondary N) is 1. The van der Waals surface area contributed by atoms with Crippen LogP contribution in [0.3, 0.4) is 0 Å². The first-order valence-corrected chi connectivity index (χ1v) is 6.19. The third-order valence-corrected chi connectivity index (χ3v) is 3.41. The van der Waals surface area contributed by atoms with Crippen LogP contribution in [0.15, 0.2) is 40.9 Å². The summed E-state index contributed by atoms with van der Waals surface area (Å²) in [5.74, 6) is -1.18. The minimum Gasteiger partial charge on any atom is -0.372 e. The molecule has 1 unspecified atom stereocenters. The largest absolute Gasteiger partial charge is 0.372 e. The quantitative estimate of drug-likeness (QED) is 0.801. The van der Waals surface area contributed by atoms with Gasteiger partial charge < -0.3 is 5.32 Å². The fourth-order valence-corrected chi connectivity index (χ4v) is 2.41. The lowest BCUT2D eigenvalue weighted by Gasteiger charge is -2.26. The van der Waals surface area contributed by atoms with Crippen molar-refractivity contribution in [3.8, 4) is 12.1 Å². The number of halogens is 1. The maximum Gasteiger partial charge on any atom is 0.196 e. The molecule has 4 nitrogen and oxygen atoms in total. The van der Waals surface area contributed by atoms with Crippen LogP contribution in [0.5, 0.6) is 0 Å². The SMILES string of the molecule is [C-]#[N+]C1=C(C)NC(C)=C(C#N)C1c1ccc(F)c(C#N)c1. The molecule has 1 N–H and O–H groups in total. The van der Waals surface area contributed by atoms with E-state index in [1.54, 1.807) is 19.9 Å². The van der Waals surface area contributed by atoms with Gasteiger partial charge in [0.05, 0.1) is 29.7 Å². The fourth-order valence-electron chi connectivity index (χ4n) is 2.41. The molecular formula is C16H11FN4. The summed E-state index contributed by atoms with van der Waals surface area (Å²) >= 11 is 0. The third-order valence-electron chi connectivity index (χ3n) is 3.41. The van der Waals surface area contributed by atoms with Gasteiger partial charge >= 0.3 is 0 Å². The Bertz CT molecular complexity index is 761. The third kappa shape index (κ3) is 2.36. The summed E-state index contributed by atoms with van der Waals surface area (Å²) in [6.07, 6.45) is 0. The van der Waals surface area contributed by atoms with Gasteiger partial charge in [-0.1, -0.05) is 6.07 Å². The summed E-state index contributed by atoms with van der Waals surface area (Å²) in [6.45, 7) is 10.8. The number of nitrogens with zero attached hydrogens (tertiary/aromatic N) is 3. The van der Waals surface area contributed by atoms with Gasteiger partial charge in [-0.05, 0) is 31.5 Å². The van der Waals surface area contributed by atoms with E-state index >= 15 is 0 Å². The molecule has 102 valence electrons. The number of dihydropyridines is 1. The first-order valence-electron chi connectivity index (χ1n) is 6.19. The van der Waals surface area contributed by atoms with Gasteiger partial charge in [0.25, 0.3) is 0 Å². The molecule has 5 heteroatoms. The first-order chi connectivity index (χ1) is 10.0. The maximum absolute atomic E-state index is 13.5. The lowest BCUT2D eigenvalue weighted by atomic mass is 9.84. The average Bonchev–Trinajstić information content (AvgIpc) is 2.47. The summed E-state index contributed by atoms with van der Waals surface area (Å²) in [7, 11) is 0. The molecule has 0 spiro atoms. The van der Waals surface area contributed by atoms with Crippen molar-refractivity contribution in [1.29, 1.82) is 10.5 Å². The molecule has 0 bridgehead atoms. The zero-order valence-corrected chi connectivity index (χ0v) is 11.5. The van der Waals surface area contributed by atoms with E-state index in [-0.39, 0.29) is 5.56 Å². The van der Waals surface area contributed by atoms with Crippen molar-refractivity contribution in [2.75, 3.05) is 0 Å². The molecule has 0 saturated carbocycles. The highest BCUT2D eigenvalue weighted by Gasteiger charge is 2.30. The highest BCUT2D eigenvalue weighted by molar-refractivity contribution is 5.53. The predicted octanol–water partition coefficient (Wildman–Crippen LogP) is 3.33. The summed E-state index contributed by atoms with van der Waals surface area (Å²) in [6, 6.07) is 7.98. The second-order valence-electron chi connectivity index (χ2n) is 4.68. The number of nitriles is 2. The normalized spacial score (nSPS) is 17.6. The molecule has 1 aliphatic rings. The fraction of sp³-hybridized carbons (Fsp3) is 0.188. The Morgan fingerprint density at radius 1 is 1.24 bits per heavy atom. The van der Waals surface area contributed by atoms with Crippen LogP contribution in [-0.2, 0) is 0 Å². The van der Waals surface area contributed by atoms with Gasteiger partial charge in [-0.2, -0.15) is 10.5 Å². The van der Waals surface area contributed by atoms with Crippen LogP contribution in [0, 0.1) is 35.1 Å². The van der Waals surface area contributed by atoms with Crippen molar-refractivity contribution in [2.45, 2.75) is 19.8 Å². The molecule has 0 fully saturated rings. The molecule has 0 aliphatic carbocycles. The Kier molecular flexibility index (Phi) is 3.74. The molecule has 1 aliphatic heterocycles. The second-order valence-corrected chi connectivity index (χ2v) is 4.68. The lowest BCUT2D eigenvalue weighted by Crippen LogP contribution is -2.22. The highest BCUT2D eigenvalue weighted by atomic mass is 19.1. The predicted molar refractivity (Wildman–Crippen MR) is 74.6 cm³/mol. The Hall–Kier alpha value is -3.10. The van der Waals surface area contributed by atoms with E-state index in [1.165, 1.54) is 18.2 Å². The monoisotopic (exact) mass is 278 g/mol. The van der Waals surface area contributed by atoms with Gasteiger partial charge in [-0.25, -0.2) is 9.24 Å². The zero-order chi connectivity index (χ0) is 15.6. The van der Waals surface area contributed by atoms with Crippen molar-refractivity contribution in [3.63, 3.8) is 0 Å². The molecule has 1 atom stereocenters. The van der Waals surface area contributed by atoms with E-state index < -0.39 is 11.7 Å². The summed E-state index contributed by atoms with van der Waals surface area (Å²) < 4.78 is 13.5. The minimum atomic E-state index is -0.612. The van der Waals surface area contributed by atoms with E-state index in [4.69, 9.17) is 11.8 Å². The molecule has 0 saturated heterocycles. The molecule has 2 rings (SSSR count). The molecule has 21 heavy (non-hydrogen) atoms. The standard InChI is InChI=1S/C16H11FN4/c1-9-13(8-19)15(16(20-3)10(2)21-9)11-4-5-14(17)12(6-11)7-18/h4-6,15,21H,1-2H3. The van der Waals surface area contributed by atoms with Crippen LogP contribution in [0.1, 0.15) is 30.9 Å². The van der Waals surface area contributed by atoms with E-state index in [0.29, 0.717) is 28.2 Å². The average molecular weight is 278 g/mol. The smallest absolute Gasteiger partial charge is 0.196 e. The Morgan fingerprint density at radius 3 is 2.52 bits per heavy atom. The van der Waals surface area contributed by atoms with Crippen molar-refractivity contribution in [2.24, 2.45) is 0 Å². The Morgan fingerprint density at radius 2 is 1.95 bits per heavy atom. The first kappa shape index (κ1) is 14.3. The van der Waals surface area contributed by atoms with Gasteiger partial charge in [-0.3, -0.25) is 0 Å². The molecule has 1 aromatic carbocycles. The lowest BCUT2D eigenvalue weighted by molar-refractivity contribution is 0.622. The topological polar surface area (TPSA) is 64.0 Å². The van der Waals surface area contributed by atoms with Gasteiger partial charge in [-0.15, -0.1) is 0 Å². The summed E-state index contributed by atoms with van der Waals surface area (Å²) in [5.41, 5.74) is 2.58. The zero-order valence-electron chi connectivity index (χ0n) is 11.5. The van der Waals surface area contributed by atoms with Crippen molar-refractivity contribution in [3.05, 3.63) is 69.2 Å². The minimum absolute atomic E-state index is 0.0945.